The Kier molecular flexibility index (Phi) is 2.29. The largest absolute Gasteiger partial charge is 0.618 e. The topological polar surface area (TPSA) is 53.2 Å². The predicted octanol–water partition coefficient (Wildman–Crippen LogP) is 1.14. The number of hydrogen-bond donors (Lipinski definition) is 0. The number of carbonyl (C=O) groups excluding carboxylic acids is 1. The molecule has 16 heavy (non-hydrogen) atoms. The van der Waals surface area contributed by atoms with Gasteiger partial charge in [-0.1, -0.05) is 0 Å². The summed E-state index contributed by atoms with van der Waals surface area (Å²) >= 11 is 0. The van der Waals surface area contributed by atoms with Gasteiger partial charge in [0.15, 0.2) is 6.20 Å². The summed E-state index contributed by atoms with van der Waals surface area (Å²) in [7, 11) is 1.17. The molecule has 0 N–H and O–H groups in total. The van der Waals surface area contributed by atoms with Crippen molar-refractivity contribution >= 4 is 5.97 Å². The Labute approximate surface area is 90.0 Å². The zero-order valence-corrected chi connectivity index (χ0v) is 8.50. The molecule has 6 heteroatoms. The van der Waals surface area contributed by atoms with Crippen molar-refractivity contribution in [2.75, 3.05) is 7.11 Å². The number of alkyl halides is 2. The Balaban J connectivity index is 2.54. The summed E-state index contributed by atoms with van der Waals surface area (Å²) < 4.78 is 31.0. The van der Waals surface area contributed by atoms with Crippen molar-refractivity contribution in [3.05, 3.63) is 34.3 Å². The van der Waals surface area contributed by atoms with Crippen LogP contribution in [0.25, 0.3) is 0 Å². The quantitative estimate of drug-likeness (QED) is 0.412. The molecule has 4 nitrogen and oxygen atoms in total. The fourth-order valence-electron chi connectivity index (χ4n) is 1.85. The van der Waals surface area contributed by atoms with Gasteiger partial charge < -0.3 is 9.94 Å². The molecule has 1 aliphatic rings. The third-order valence-corrected chi connectivity index (χ3v) is 2.59. The molecule has 0 amide bonds. The first kappa shape index (κ1) is 10.8. The summed E-state index contributed by atoms with van der Waals surface area (Å²) in [5.41, 5.74) is -0.350. The first-order valence-corrected chi connectivity index (χ1v) is 4.68. The molecule has 0 radical (unpaired) electrons. The van der Waals surface area contributed by atoms with Crippen LogP contribution in [-0.4, -0.2) is 13.1 Å². The average Bonchev–Trinajstić information content (AvgIpc) is 2.53. The molecule has 0 aliphatic heterocycles. The van der Waals surface area contributed by atoms with Gasteiger partial charge in [0, 0.05) is 12.0 Å². The lowest BCUT2D eigenvalue weighted by molar-refractivity contribution is -0.624. The maximum absolute atomic E-state index is 13.3. The van der Waals surface area contributed by atoms with Crippen molar-refractivity contribution in [3.63, 3.8) is 0 Å². The molecular formula is C10H9F2NO3. The van der Waals surface area contributed by atoms with Crippen molar-refractivity contribution in [2.45, 2.75) is 18.8 Å². The molecule has 1 heterocycles. The summed E-state index contributed by atoms with van der Waals surface area (Å²) in [5.74, 6) is -3.81. The highest BCUT2D eigenvalue weighted by molar-refractivity contribution is 5.88. The number of aryl methyl sites for hydroxylation is 1. The molecule has 1 aromatic heterocycles. The van der Waals surface area contributed by atoms with E-state index in [0.29, 0.717) is 0 Å². The van der Waals surface area contributed by atoms with Crippen LogP contribution in [-0.2, 0) is 17.1 Å². The molecular weight excluding hydrogens is 220 g/mol. The number of rotatable bonds is 1. The molecule has 1 aromatic rings. The number of ether oxygens (including phenoxy) is 1. The highest BCUT2D eigenvalue weighted by Gasteiger charge is 2.47. The van der Waals surface area contributed by atoms with Crippen molar-refractivity contribution in [2.24, 2.45) is 0 Å². The Morgan fingerprint density at radius 2 is 2.31 bits per heavy atom. The highest BCUT2D eigenvalue weighted by atomic mass is 19.3. The lowest BCUT2D eigenvalue weighted by Crippen LogP contribution is -2.37. The normalized spacial score (nSPS) is 16.9. The molecule has 86 valence electrons. The van der Waals surface area contributed by atoms with Crippen LogP contribution in [0.3, 0.4) is 0 Å². The second kappa shape index (κ2) is 3.40. The fraction of sp³-hybridized carbons (Fsp3) is 0.400. The van der Waals surface area contributed by atoms with E-state index in [0.717, 1.165) is 6.20 Å². The van der Waals surface area contributed by atoms with Gasteiger partial charge in [-0.05, 0) is 12.5 Å². The maximum Gasteiger partial charge on any atom is 0.344 e. The third-order valence-electron chi connectivity index (χ3n) is 2.59. The SMILES string of the molecule is COC(=O)c1cc2c([n+]([O-])c1)C(F)(F)CC2. The molecule has 0 saturated heterocycles. The number of fused-ring (bicyclic) bond motifs is 1. The van der Waals surface area contributed by atoms with Crippen LogP contribution in [0.4, 0.5) is 8.78 Å². The minimum Gasteiger partial charge on any atom is -0.618 e. The number of aromatic nitrogens is 1. The molecule has 0 fully saturated rings. The van der Waals surface area contributed by atoms with Gasteiger partial charge in [0.05, 0.1) is 7.11 Å². The number of halogens is 2. The number of esters is 1. The van der Waals surface area contributed by atoms with Crippen molar-refractivity contribution in [1.29, 1.82) is 0 Å². The minimum atomic E-state index is -3.11. The molecule has 0 atom stereocenters. The van der Waals surface area contributed by atoms with Crippen LogP contribution in [0, 0.1) is 5.21 Å². The third kappa shape index (κ3) is 1.50. The number of carbonyl (C=O) groups is 1. The summed E-state index contributed by atoms with van der Waals surface area (Å²) in [6.45, 7) is 0. The second-order valence-electron chi connectivity index (χ2n) is 3.62. The highest BCUT2D eigenvalue weighted by Crippen LogP contribution is 2.39. The van der Waals surface area contributed by atoms with E-state index in [-0.39, 0.29) is 22.3 Å². The van der Waals surface area contributed by atoms with Crippen LogP contribution < -0.4 is 4.73 Å². The minimum absolute atomic E-state index is 0.00560. The number of pyridine rings is 1. The molecule has 0 unspecified atom stereocenters. The summed E-state index contributed by atoms with van der Waals surface area (Å²) in [6, 6.07) is 1.29. The molecule has 0 saturated carbocycles. The van der Waals surface area contributed by atoms with E-state index in [1.165, 1.54) is 13.2 Å². The smallest absolute Gasteiger partial charge is 0.344 e. The van der Waals surface area contributed by atoms with E-state index < -0.39 is 24.0 Å². The van der Waals surface area contributed by atoms with E-state index >= 15 is 0 Å². The van der Waals surface area contributed by atoms with Crippen molar-refractivity contribution in [3.8, 4) is 0 Å². The van der Waals surface area contributed by atoms with Gasteiger partial charge in [-0.25, -0.2) is 4.79 Å². The standard InChI is InChI=1S/C10H9F2NO3/c1-16-9(14)7-4-6-2-3-10(11,12)8(6)13(15)5-7/h4-5H,2-3H2,1H3. The summed E-state index contributed by atoms with van der Waals surface area (Å²) in [5, 5.41) is 11.4. The Bertz CT molecular complexity index is 460. The fourth-order valence-corrected chi connectivity index (χ4v) is 1.85. The zero-order valence-electron chi connectivity index (χ0n) is 8.50. The summed E-state index contributed by atoms with van der Waals surface area (Å²) in [6.07, 6.45) is 0.522. The van der Waals surface area contributed by atoms with Gasteiger partial charge in [-0.3, -0.25) is 0 Å². The molecule has 0 spiro atoms. The van der Waals surface area contributed by atoms with E-state index in [4.69, 9.17) is 0 Å². The van der Waals surface area contributed by atoms with E-state index in [1.54, 1.807) is 0 Å². The van der Waals surface area contributed by atoms with Crippen molar-refractivity contribution in [1.82, 2.24) is 0 Å². The second-order valence-corrected chi connectivity index (χ2v) is 3.62. The lowest BCUT2D eigenvalue weighted by Gasteiger charge is -2.10. The zero-order chi connectivity index (χ0) is 11.9. The van der Waals surface area contributed by atoms with Crippen LogP contribution >= 0.6 is 0 Å². The lowest BCUT2D eigenvalue weighted by atomic mass is 10.1. The van der Waals surface area contributed by atoms with Crippen LogP contribution in [0.15, 0.2) is 12.3 Å². The molecule has 0 aromatic carbocycles. The van der Waals surface area contributed by atoms with Crippen molar-refractivity contribution < 1.29 is 23.0 Å². The van der Waals surface area contributed by atoms with Gasteiger partial charge in [0.2, 0.25) is 0 Å². The Morgan fingerprint density at radius 3 is 2.94 bits per heavy atom. The van der Waals surface area contributed by atoms with Gasteiger partial charge in [-0.2, -0.15) is 13.5 Å². The Morgan fingerprint density at radius 1 is 1.62 bits per heavy atom. The summed E-state index contributed by atoms with van der Waals surface area (Å²) in [4.78, 5) is 11.2. The number of hydrogen-bond acceptors (Lipinski definition) is 3. The molecule has 0 bridgehead atoms. The Hall–Kier alpha value is -1.72. The van der Waals surface area contributed by atoms with Crippen LogP contribution in [0.1, 0.15) is 28.0 Å². The number of nitrogens with zero attached hydrogens (tertiary/aromatic N) is 1. The van der Waals surface area contributed by atoms with Gasteiger partial charge in [-0.15, -0.1) is 0 Å². The van der Waals surface area contributed by atoms with Gasteiger partial charge in [0.1, 0.15) is 5.56 Å². The van der Waals surface area contributed by atoms with E-state index in [2.05, 4.69) is 4.74 Å². The maximum atomic E-state index is 13.3. The van der Waals surface area contributed by atoms with Crippen LogP contribution in [0.5, 0.6) is 0 Å². The van der Waals surface area contributed by atoms with Crippen LogP contribution in [0.2, 0.25) is 0 Å². The number of methoxy groups -OCH3 is 1. The van der Waals surface area contributed by atoms with E-state index in [9.17, 15) is 18.8 Å². The predicted molar refractivity (Wildman–Crippen MR) is 49.0 cm³/mol. The first-order chi connectivity index (χ1) is 7.45. The molecule has 2 rings (SSSR count). The van der Waals surface area contributed by atoms with Gasteiger partial charge in [0.25, 0.3) is 5.69 Å². The van der Waals surface area contributed by atoms with Gasteiger partial charge >= 0.3 is 11.9 Å². The average molecular weight is 229 g/mol. The molecule has 1 aliphatic carbocycles. The van der Waals surface area contributed by atoms with E-state index in [1.807, 2.05) is 0 Å². The first-order valence-electron chi connectivity index (χ1n) is 4.68. The monoisotopic (exact) mass is 229 g/mol.